The monoisotopic (exact) mass is 450 g/mol. The van der Waals surface area contributed by atoms with E-state index in [1.54, 1.807) is 9.58 Å². The minimum atomic E-state index is -1.06. The van der Waals surface area contributed by atoms with Crippen LogP contribution >= 0.6 is 0 Å². The molecule has 178 valence electrons. The van der Waals surface area contributed by atoms with Gasteiger partial charge in [-0.2, -0.15) is 5.10 Å². The second kappa shape index (κ2) is 8.96. The van der Waals surface area contributed by atoms with Gasteiger partial charge in [-0.3, -0.25) is 19.2 Å². The molecule has 1 N–H and O–H groups in total. The second-order valence-corrected chi connectivity index (χ2v) is 10.9. The number of benzene rings is 1. The van der Waals surface area contributed by atoms with Crippen molar-refractivity contribution in [1.82, 2.24) is 15.1 Å². The Labute approximate surface area is 197 Å². The molecule has 4 rings (SSSR count). The molecule has 1 aliphatic heterocycles. The predicted molar refractivity (Wildman–Crippen MR) is 132 cm³/mol. The van der Waals surface area contributed by atoms with Crippen LogP contribution in [-0.4, -0.2) is 33.2 Å². The zero-order valence-corrected chi connectivity index (χ0v) is 20.8. The number of hydrogen-bond acceptors (Lipinski definition) is 3. The highest BCUT2D eigenvalue weighted by Gasteiger charge is 2.49. The summed E-state index contributed by atoms with van der Waals surface area (Å²) in [4.78, 5) is 29.4. The maximum atomic E-state index is 13.9. The van der Waals surface area contributed by atoms with E-state index in [1.165, 1.54) is 18.4 Å². The third kappa shape index (κ3) is 4.57. The van der Waals surface area contributed by atoms with Crippen molar-refractivity contribution in [1.29, 1.82) is 0 Å². The molecule has 1 atom stereocenters. The Kier molecular flexibility index (Phi) is 6.39. The number of carbonyl (C=O) groups excluding carboxylic acids is 2. The first kappa shape index (κ1) is 23.5. The molecule has 6 nitrogen and oxygen atoms in total. The predicted octanol–water partition coefficient (Wildman–Crippen LogP) is 5.00. The lowest BCUT2D eigenvalue weighted by Gasteiger charge is -2.43. The maximum absolute atomic E-state index is 13.9. The highest BCUT2D eigenvalue weighted by atomic mass is 16.2. The fourth-order valence-electron chi connectivity index (χ4n) is 5.00. The summed E-state index contributed by atoms with van der Waals surface area (Å²) >= 11 is 0. The number of aryl methyl sites for hydroxylation is 1. The van der Waals surface area contributed by atoms with Gasteiger partial charge in [0, 0.05) is 17.1 Å². The van der Waals surface area contributed by atoms with E-state index in [1.807, 2.05) is 37.3 Å². The number of amides is 2. The fourth-order valence-corrected chi connectivity index (χ4v) is 5.00. The summed E-state index contributed by atoms with van der Waals surface area (Å²) in [5.74, 6) is -0.271. The Morgan fingerprint density at radius 1 is 1.12 bits per heavy atom. The standard InChI is InChI=1S/C27H38N4O2/c1-6-19-13-15-21(16-14-19)31-24(32)22-17-23(26(2,3)4)29-30(22)18-27(31,5)25(33)28-20-11-9-7-8-10-12-20/h13-17,20H,6-12,18H2,1-5H3,(H,28,33)/t27-/m0/s1. The van der Waals surface area contributed by atoms with E-state index in [9.17, 15) is 9.59 Å². The third-order valence-electron chi connectivity index (χ3n) is 7.20. The largest absolute Gasteiger partial charge is 0.351 e. The van der Waals surface area contributed by atoms with Gasteiger partial charge in [-0.15, -0.1) is 0 Å². The number of aromatic nitrogens is 2. The molecular weight excluding hydrogens is 412 g/mol. The molecule has 2 amide bonds. The maximum Gasteiger partial charge on any atom is 0.277 e. The quantitative estimate of drug-likeness (QED) is 0.667. The van der Waals surface area contributed by atoms with E-state index in [4.69, 9.17) is 5.10 Å². The highest BCUT2D eigenvalue weighted by Crippen LogP contribution is 2.35. The zero-order chi connectivity index (χ0) is 23.8. The van der Waals surface area contributed by atoms with E-state index in [0.29, 0.717) is 12.2 Å². The zero-order valence-electron chi connectivity index (χ0n) is 20.8. The summed E-state index contributed by atoms with van der Waals surface area (Å²) in [5.41, 5.74) is 2.11. The van der Waals surface area contributed by atoms with Crippen LogP contribution in [0.5, 0.6) is 0 Å². The smallest absolute Gasteiger partial charge is 0.277 e. The number of hydrogen-bond donors (Lipinski definition) is 1. The molecule has 0 radical (unpaired) electrons. The Hall–Kier alpha value is -2.63. The first-order chi connectivity index (χ1) is 15.6. The molecular formula is C27H38N4O2. The summed E-state index contributed by atoms with van der Waals surface area (Å²) in [7, 11) is 0. The third-order valence-corrected chi connectivity index (χ3v) is 7.20. The van der Waals surface area contributed by atoms with Crippen LogP contribution in [0.1, 0.15) is 94.9 Å². The molecule has 0 spiro atoms. The highest BCUT2D eigenvalue weighted by molar-refractivity contribution is 6.11. The van der Waals surface area contributed by atoms with Crippen LogP contribution in [0.15, 0.2) is 30.3 Å². The average Bonchev–Trinajstić information content (AvgIpc) is 3.04. The van der Waals surface area contributed by atoms with Gasteiger partial charge in [-0.05, 0) is 49.9 Å². The van der Waals surface area contributed by atoms with Crippen LogP contribution in [0.2, 0.25) is 0 Å². The molecule has 1 aromatic heterocycles. The Bertz CT molecular complexity index is 1010. The van der Waals surface area contributed by atoms with Gasteiger partial charge < -0.3 is 5.32 Å². The van der Waals surface area contributed by atoms with Gasteiger partial charge in [0.25, 0.3) is 5.91 Å². The van der Waals surface area contributed by atoms with E-state index in [2.05, 4.69) is 33.0 Å². The van der Waals surface area contributed by atoms with Crippen molar-refractivity contribution >= 4 is 17.5 Å². The van der Waals surface area contributed by atoms with Gasteiger partial charge in [-0.1, -0.05) is 65.5 Å². The van der Waals surface area contributed by atoms with Gasteiger partial charge in [0.15, 0.2) is 0 Å². The van der Waals surface area contributed by atoms with Crippen LogP contribution in [0, 0.1) is 0 Å². The minimum absolute atomic E-state index is 0.0965. The average molecular weight is 451 g/mol. The number of carbonyl (C=O) groups is 2. The molecule has 1 aliphatic carbocycles. The molecule has 1 saturated carbocycles. The topological polar surface area (TPSA) is 67.2 Å². The van der Waals surface area contributed by atoms with E-state index >= 15 is 0 Å². The molecule has 1 aromatic carbocycles. The van der Waals surface area contributed by atoms with Crippen molar-refractivity contribution in [3.63, 3.8) is 0 Å². The number of fused-ring (bicyclic) bond motifs is 1. The lowest BCUT2D eigenvalue weighted by Crippen LogP contribution is -2.65. The number of nitrogens with one attached hydrogen (secondary N) is 1. The SMILES string of the molecule is CCc1ccc(N2C(=O)c3cc(C(C)(C)C)nn3C[C@@]2(C)C(=O)NC2CCCCCC2)cc1. The molecule has 6 heteroatoms. The van der Waals surface area contributed by atoms with Crippen LogP contribution in [-0.2, 0) is 23.2 Å². The molecule has 2 heterocycles. The van der Waals surface area contributed by atoms with Gasteiger partial charge >= 0.3 is 0 Å². The van der Waals surface area contributed by atoms with Gasteiger partial charge in [0.05, 0.1) is 12.2 Å². The van der Waals surface area contributed by atoms with Gasteiger partial charge in [0.1, 0.15) is 11.2 Å². The first-order valence-electron chi connectivity index (χ1n) is 12.5. The van der Waals surface area contributed by atoms with Crippen LogP contribution < -0.4 is 10.2 Å². The summed E-state index contributed by atoms with van der Waals surface area (Å²) in [5, 5.41) is 8.06. The lowest BCUT2D eigenvalue weighted by atomic mass is 9.91. The molecule has 33 heavy (non-hydrogen) atoms. The lowest BCUT2D eigenvalue weighted by molar-refractivity contribution is -0.127. The van der Waals surface area contributed by atoms with Crippen molar-refractivity contribution < 1.29 is 9.59 Å². The summed E-state index contributed by atoms with van der Waals surface area (Å²) in [6.07, 6.45) is 7.66. The van der Waals surface area contributed by atoms with Crippen molar-refractivity contribution in [2.45, 2.75) is 103 Å². The first-order valence-corrected chi connectivity index (χ1v) is 12.5. The van der Waals surface area contributed by atoms with Crippen LogP contribution in [0.25, 0.3) is 0 Å². The molecule has 1 fully saturated rings. The second-order valence-electron chi connectivity index (χ2n) is 10.9. The van der Waals surface area contributed by atoms with Crippen LogP contribution in [0.4, 0.5) is 5.69 Å². The molecule has 0 unspecified atom stereocenters. The van der Waals surface area contributed by atoms with Gasteiger partial charge in [-0.25, -0.2) is 0 Å². The van der Waals surface area contributed by atoms with Crippen molar-refractivity contribution in [2.75, 3.05) is 4.90 Å². The van der Waals surface area contributed by atoms with Crippen molar-refractivity contribution in [2.24, 2.45) is 0 Å². The number of rotatable bonds is 4. The summed E-state index contributed by atoms with van der Waals surface area (Å²) in [6, 6.07) is 10.1. The number of nitrogens with zero attached hydrogens (tertiary/aromatic N) is 3. The van der Waals surface area contributed by atoms with Crippen molar-refractivity contribution in [3.8, 4) is 0 Å². The molecule has 2 aliphatic rings. The molecule has 2 aromatic rings. The molecule has 0 bridgehead atoms. The Morgan fingerprint density at radius 2 is 1.76 bits per heavy atom. The fraction of sp³-hybridized carbons (Fsp3) is 0.593. The van der Waals surface area contributed by atoms with Crippen molar-refractivity contribution in [3.05, 3.63) is 47.3 Å². The number of anilines is 1. The normalized spacial score (nSPS) is 22.1. The van der Waals surface area contributed by atoms with E-state index in [0.717, 1.165) is 43.5 Å². The van der Waals surface area contributed by atoms with Crippen LogP contribution in [0.3, 0.4) is 0 Å². The minimum Gasteiger partial charge on any atom is -0.351 e. The molecule has 0 saturated heterocycles. The van der Waals surface area contributed by atoms with E-state index in [-0.39, 0.29) is 23.3 Å². The van der Waals surface area contributed by atoms with Gasteiger partial charge in [0.2, 0.25) is 5.91 Å². The van der Waals surface area contributed by atoms with E-state index < -0.39 is 5.54 Å². The Balaban J connectivity index is 1.74. The summed E-state index contributed by atoms with van der Waals surface area (Å²) < 4.78 is 1.74. The summed E-state index contributed by atoms with van der Waals surface area (Å²) in [6.45, 7) is 10.6. The Morgan fingerprint density at radius 3 is 2.33 bits per heavy atom.